The molecular weight excluding hydrogens is 451 g/mol. The second-order valence-electron chi connectivity index (χ2n) is 9.19. The van der Waals surface area contributed by atoms with Crippen LogP contribution in [0.1, 0.15) is 26.2 Å². The van der Waals surface area contributed by atoms with E-state index in [0.29, 0.717) is 6.04 Å². The maximum Gasteiger partial charge on any atom is 0.490 e. The van der Waals surface area contributed by atoms with Gasteiger partial charge in [0.1, 0.15) is 0 Å². The molecule has 4 rings (SSSR count). The lowest BCUT2D eigenvalue weighted by Gasteiger charge is -2.32. The normalized spacial score (nSPS) is 24.0. The molecule has 1 aromatic carbocycles. The van der Waals surface area contributed by atoms with Gasteiger partial charge in [-0.15, -0.1) is 0 Å². The quantitative estimate of drug-likeness (QED) is 0.685. The number of alkyl halides is 3. The SMILES string of the molecule is CC1CCCN1C1CCN(c2ccc(NC(=O)N3CCN(C)CC3)cc2)C1.O=C(O)C(F)(F)F. The summed E-state index contributed by atoms with van der Waals surface area (Å²) in [4.78, 5) is 30.7. The number of hydrogen-bond donors (Lipinski definition) is 2. The number of anilines is 2. The summed E-state index contributed by atoms with van der Waals surface area (Å²) in [5, 5.41) is 10.2. The van der Waals surface area contributed by atoms with Crippen molar-refractivity contribution >= 4 is 23.4 Å². The molecule has 0 aliphatic carbocycles. The number of carboxylic acid groups (broad SMARTS) is 1. The number of nitrogens with zero attached hydrogens (tertiary/aromatic N) is 4. The number of benzene rings is 1. The monoisotopic (exact) mass is 485 g/mol. The van der Waals surface area contributed by atoms with Crippen LogP contribution in [0.5, 0.6) is 0 Å². The first kappa shape index (κ1) is 26.1. The fourth-order valence-corrected chi connectivity index (χ4v) is 4.71. The molecule has 0 radical (unpaired) electrons. The van der Waals surface area contributed by atoms with E-state index in [1.54, 1.807) is 0 Å². The van der Waals surface area contributed by atoms with Crippen LogP contribution in [-0.4, -0.2) is 103 Å². The van der Waals surface area contributed by atoms with Crippen molar-refractivity contribution in [2.45, 2.75) is 44.4 Å². The second-order valence-corrected chi connectivity index (χ2v) is 9.19. The molecule has 0 spiro atoms. The highest BCUT2D eigenvalue weighted by molar-refractivity contribution is 5.89. The summed E-state index contributed by atoms with van der Waals surface area (Å²) in [7, 11) is 2.10. The zero-order valence-electron chi connectivity index (χ0n) is 19.7. The molecule has 8 nitrogen and oxygen atoms in total. The number of nitrogens with one attached hydrogen (secondary N) is 1. The van der Waals surface area contributed by atoms with Crippen LogP contribution in [0.25, 0.3) is 0 Å². The predicted molar refractivity (Wildman–Crippen MR) is 124 cm³/mol. The molecule has 0 bridgehead atoms. The number of carbonyl (C=O) groups is 2. The van der Waals surface area contributed by atoms with Crippen molar-refractivity contribution in [2.24, 2.45) is 0 Å². The smallest absolute Gasteiger partial charge is 0.475 e. The number of piperazine rings is 1. The molecule has 3 aliphatic rings. The Morgan fingerprint density at radius 1 is 1.00 bits per heavy atom. The third kappa shape index (κ3) is 6.99. The molecule has 2 unspecified atom stereocenters. The number of likely N-dealkylation sites (tertiary alicyclic amines) is 1. The lowest BCUT2D eigenvalue weighted by Crippen LogP contribution is -2.48. The van der Waals surface area contributed by atoms with Crippen LogP contribution < -0.4 is 10.2 Å². The fourth-order valence-electron chi connectivity index (χ4n) is 4.71. The van der Waals surface area contributed by atoms with Crippen molar-refractivity contribution in [3.8, 4) is 0 Å². The molecule has 0 aromatic heterocycles. The van der Waals surface area contributed by atoms with Crippen LogP contribution in [0.2, 0.25) is 0 Å². The number of urea groups is 1. The number of carbonyl (C=O) groups excluding carboxylic acids is 1. The zero-order chi connectivity index (χ0) is 24.9. The van der Waals surface area contributed by atoms with Crippen molar-refractivity contribution in [3.05, 3.63) is 24.3 Å². The molecule has 34 heavy (non-hydrogen) atoms. The average molecular weight is 486 g/mol. The van der Waals surface area contributed by atoms with Gasteiger partial charge >= 0.3 is 18.2 Å². The number of likely N-dealkylation sites (N-methyl/N-ethyl adjacent to an activating group) is 1. The van der Waals surface area contributed by atoms with Gasteiger partial charge in [0, 0.05) is 62.7 Å². The largest absolute Gasteiger partial charge is 0.490 e. The van der Waals surface area contributed by atoms with Crippen LogP contribution in [0, 0.1) is 0 Å². The molecule has 190 valence electrons. The minimum atomic E-state index is -5.08. The number of rotatable bonds is 3. The van der Waals surface area contributed by atoms with E-state index in [9.17, 15) is 18.0 Å². The first-order chi connectivity index (χ1) is 16.0. The molecule has 3 heterocycles. The summed E-state index contributed by atoms with van der Waals surface area (Å²) >= 11 is 0. The molecule has 2 atom stereocenters. The molecule has 11 heteroatoms. The van der Waals surface area contributed by atoms with Crippen LogP contribution in [0.4, 0.5) is 29.3 Å². The number of amides is 2. The highest BCUT2D eigenvalue weighted by Gasteiger charge is 2.38. The van der Waals surface area contributed by atoms with Gasteiger partial charge in [0.15, 0.2) is 0 Å². The highest BCUT2D eigenvalue weighted by Crippen LogP contribution is 2.28. The lowest BCUT2D eigenvalue weighted by molar-refractivity contribution is -0.192. The Kier molecular flexibility index (Phi) is 8.64. The minimum absolute atomic E-state index is 0.0140. The Labute approximate surface area is 198 Å². The molecule has 1 aromatic rings. The Morgan fingerprint density at radius 3 is 2.15 bits per heavy atom. The highest BCUT2D eigenvalue weighted by atomic mass is 19.4. The van der Waals surface area contributed by atoms with E-state index in [0.717, 1.165) is 51.0 Å². The molecular formula is C23H34F3N5O3. The Hall–Kier alpha value is -2.53. The third-order valence-corrected chi connectivity index (χ3v) is 6.75. The van der Waals surface area contributed by atoms with Crippen molar-refractivity contribution in [1.29, 1.82) is 0 Å². The predicted octanol–water partition coefficient (Wildman–Crippen LogP) is 3.16. The summed E-state index contributed by atoms with van der Waals surface area (Å²) < 4.78 is 31.7. The van der Waals surface area contributed by atoms with Crippen molar-refractivity contribution in [1.82, 2.24) is 14.7 Å². The summed E-state index contributed by atoms with van der Waals surface area (Å²) in [6.07, 6.45) is -1.14. The number of halogens is 3. The summed E-state index contributed by atoms with van der Waals surface area (Å²) in [5.74, 6) is -2.76. The van der Waals surface area contributed by atoms with Crippen molar-refractivity contribution < 1.29 is 27.9 Å². The van der Waals surface area contributed by atoms with Gasteiger partial charge in [-0.1, -0.05) is 0 Å². The maximum atomic E-state index is 12.4. The van der Waals surface area contributed by atoms with Crippen LogP contribution in [-0.2, 0) is 4.79 Å². The van der Waals surface area contributed by atoms with Gasteiger partial charge in [-0.05, 0) is 64.0 Å². The molecule has 0 saturated carbocycles. The van der Waals surface area contributed by atoms with E-state index in [1.807, 2.05) is 17.0 Å². The maximum absolute atomic E-state index is 12.4. The van der Waals surface area contributed by atoms with Gasteiger partial charge in [0.05, 0.1) is 0 Å². The summed E-state index contributed by atoms with van der Waals surface area (Å²) in [6.45, 7) is 9.36. The molecule has 3 aliphatic heterocycles. The molecule has 2 amide bonds. The van der Waals surface area contributed by atoms with E-state index in [2.05, 4.69) is 46.1 Å². The number of carboxylic acids is 1. The van der Waals surface area contributed by atoms with Gasteiger partial charge < -0.3 is 25.1 Å². The van der Waals surface area contributed by atoms with Crippen LogP contribution in [0.3, 0.4) is 0 Å². The third-order valence-electron chi connectivity index (χ3n) is 6.75. The van der Waals surface area contributed by atoms with Crippen LogP contribution >= 0.6 is 0 Å². The topological polar surface area (TPSA) is 79.4 Å². The zero-order valence-corrected chi connectivity index (χ0v) is 19.7. The van der Waals surface area contributed by atoms with E-state index in [1.165, 1.54) is 31.5 Å². The Morgan fingerprint density at radius 2 is 1.62 bits per heavy atom. The molecule has 3 saturated heterocycles. The van der Waals surface area contributed by atoms with E-state index < -0.39 is 12.1 Å². The standard InChI is InChI=1S/C21H33N5O.C2HF3O2/c1-17-4-3-10-26(17)20-9-11-25(16-20)19-7-5-18(6-8-19)22-21(27)24-14-12-23(2)13-15-24;3-2(4,5)1(6)7/h5-8,17,20H,3-4,9-16H2,1-2H3,(H,22,27);(H,6,7). The van der Waals surface area contributed by atoms with E-state index >= 15 is 0 Å². The summed E-state index contributed by atoms with van der Waals surface area (Å²) in [5.41, 5.74) is 2.15. The van der Waals surface area contributed by atoms with Gasteiger partial charge in [0.25, 0.3) is 0 Å². The second kappa shape index (κ2) is 11.3. The number of hydrogen-bond acceptors (Lipinski definition) is 5. The first-order valence-corrected chi connectivity index (χ1v) is 11.7. The summed E-state index contributed by atoms with van der Waals surface area (Å²) in [6, 6.07) is 9.82. The Bertz CT molecular complexity index is 828. The van der Waals surface area contributed by atoms with Gasteiger partial charge in [0.2, 0.25) is 0 Å². The number of aliphatic carboxylic acids is 1. The van der Waals surface area contributed by atoms with Crippen LogP contribution in [0.15, 0.2) is 24.3 Å². The van der Waals surface area contributed by atoms with E-state index in [4.69, 9.17) is 9.90 Å². The van der Waals surface area contributed by atoms with Gasteiger partial charge in [-0.3, -0.25) is 4.90 Å². The van der Waals surface area contributed by atoms with Gasteiger partial charge in [-0.25, -0.2) is 9.59 Å². The average Bonchev–Trinajstić information content (AvgIpc) is 3.43. The van der Waals surface area contributed by atoms with Crippen molar-refractivity contribution in [2.75, 3.05) is 63.1 Å². The molecule has 3 fully saturated rings. The lowest BCUT2D eigenvalue weighted by atomic mass is 10.2. The Balaban J connectivity index is 0.000000406. The molecule has 2 N–H and O–H groups in total. The van der Waals surface area contributed by atoms with Crippen molar-refractivity contribution in [3.63, 3.8) is 0 Å². The first-order valence-electron chi connectivity index (χ1n) is 11.7. The van der Waals surface area contributed by atoms with Gasteiger partial charge in [-0.2, -0.15) is 13.2 Å². The van der Waals surface area contributed by atoms with E-state index in [-0.39, 0.29) is 6.03 Å². The minimum Gasteiger partial charge on any atom is -0.475 e. The fraction of sp³-hybridized carbons (Fsp3) is 0.652.